The Balaban J connectivity index is 3.05. The summed E-state index contributed by atoms with van der Waals surface area (Å²) in [7, 11) is 0. The Morgan fingerprint density at radius 2 is 1.79 bits per heavy atom. The van der Waals surface area contributed by atoms with E-state index in [4.69, 9.17) is 34.0 Å². The summed E-state index contributed by atoms with van der Waals surface area (Å²) in [4.78, 5) is 0. The molecule has 0 heterocycles. The number of hydrogen-bond acceptors (Lipinski definition) is 2. The lowest BCUT2D eigenvalue weighted by atomic mass is 9.90. The van der Waals surface area contributed by atoms with Gasteiger partial charge in [-0.05, 0) is 37.1 Å². The number of halogens is 2. The van der Waals surface area contributed by atoms with Gasteiger partial charge < -0.3 is 10.8 Å². The van der Waals surface area contributed by atoms with Crippen LogP contribution in [0.4, 0.5) is 0 Å². The lowest BCUT2D eigenvalue weighted by molar-refractivity contribution is 0.247. The van der Waals surface area contributed by atoms with Crippen molar-refractivity contribution >= 4 is 23.2 Å². The topological polar surface area (TPSA) is 46.2 Å². The van der Waals surface area contributed by atoms with E-state index in [9.17, 15) is 0 Å². The number of benzene rings is 1. The molecule has 0 saturated carbocycles. The van der Waals surface area contributed by atoms with Gasteiger partial charge in [0.15, 0.2) is 0 Å². The summed E-state index contributed by atoms with van der Waals surface area (Å²) in [6, 6.07) is 5.19. The maximum atomic E-state index is 8.86. The van der Waals surface area contributed by atoms with Crippen LogP contribution < -0.4 is 5.73 Å². The van der Waals surface area contributed by atoms with E-state index >= 15 is 0 Å². The van der Waals surface area contributed by atoms with Crippen molar-refractivity contribution in [3.8, 4) is 0 Å². The Morgan fingerprint density at radius 3 is 2.21 bits per heavy atom. The average Bonchev–Trinajstić information content (AvgIpc) is 2.02. The second-order valence-corrected chi connectivity index (χ2v) is 4.42. The van der Waals surface area contributed by atoms with Gasteiger partial charge in [0.2, 0.25) is 0 Å². The van der Waals surface area contributed by atoms with Crippen molar-refractivity contribution in [2.45, 2.75) is 18.9 Å². The number of aliphatic hydroxyl groups excluding tert-OH is 1. The highest BCUT2D eigenvalue weighted by Gasteiger charge is 2.21. The van der Waals surface area contributed by atoms with E-state index < -0.39 is 5.54 Å². The molecule has 4 heteroatoms. The van der Waals surface area contributed by atoms with E-state index in [2.05, 4.69) is 0 Å². The zero-order chi connectivity index (χ0) is 10.8. The molecule has 2 nitrogen and oxygen atoms in total. The van der Waals surface area contributed by atoms with Crippen molar-refractivity contribution in [1.82, 2.24) is 0 Å². The smallest absolute Gasteiger partial charge is 0.0451 e. The largest absolute Gasteiger partial charge is 0.396 e. The first kappa shape index (κ1) is 11.8. The van der Waals surface area contributed by atoms with Gasteiger partial charge in [0.05, 0.1) is 0 Å². The normalized spacial score (nSPS) is 15.2. The minimum Gasteiger partial charge on any atom is -0.396 e. The van der Waals surface area contributed by atoms with Crippen LogP contribution in [0.5, 0.6) is 0 Å². The molecule has 0 radical (unpaired) electrons. The number of aliphatic hydroxyl groups is 1. The van der Waals surface area contributed by atoms with Crippen molar-refractivity contribution in [3.63, 3.8) is 0 Å². The van der Waals surface area contributed by atoms with Crippen LogP contribution in [0, 0.1) is 0 Å². The van der Waals surface area contributed by atoms with Gasteiger partial charge >= 0.3 is 0 Å². The molecule has 0 aliphatic rings. The Morgan fingerprint density at radius 1 is 1.29 bits per heavy atom. The highest BCUT2D eigenvalue weighted by molar-refractivity contribution is 6.34. The molecule has 1 aromatic rings. The molecule has 1 rings (SSSR count). The summed E-state index contributed by atoms with van der Waals surface area (Å²) in [5.74, 6) is 0. The first-order chi connectivity index (χ1) is 6.45. The van der Waals surface area contributed by atoms with Gasteiger partial charge in [-0.1, -0.05) is 23.2 Å². The summed E-state index contributed by atoms with van der Waals surface area (Å²) in [5.41, 5.74) is 6.25. The second kappa shape index (κ2) is 4.49. The van der Waals surface area contributed by atoms with Crippen LogP contribution in [0.2, 0.25) is 10.0 Å². The lowest BCUT2D eigenvalue weighted by Gasteiger charge is -2.24. The third-order valence-corrected chi connectivity index (χ3v) is 2.59. The molecule has 0 spiro atoms. The molecule has 0 bridgehead atoms. The molecule has 0 amide bonds. The van der Waals surface area contributed by atoms with Crippen LogP contribution >= 0.6 is 23.2 Å². The van der Waals surface area contributed by atoms with E-state index in [0.717, 1.165) is 5.56 Å². The average molecular weight is 234 g/mol. The fourth-order valence-electron chi connectivity index (χ4n) is 1.26. The lowest BCUT2D eigenvalue weighted by Crippen LogP contribution is -2.34. The van der Waals surface area contributed by atoms with Crippen LogP contribution in [0.25, 0.3) is 0 Å². The first-order valence-corrected chi connectivity index (χ1v) is 5.07. The van der Waals surface area contributed by atoms with Gasteiger partial charge in [-0.3, -0.25) is 0 Å². The highest BCUT2D eigenvalue weighted by atomic mass is 35.5. The Labute approximate surface area is 93.6 Å². The quantitative estimate of drug-likeness (QED) is 0.844. The van der Waals surface area contributed by atoms with Crippen LogP contribution in [0.3, 0.4) is 0 Å². The predicted molar refractivity (Wildman–Crippen MR) is 59.7 cm³/mol. The second-order valence-electron chi connectivity index (χ2n) is 3.55. The first-order valence-electron chi connectivity index (χ1n) is 4.32. The number of hydrogen-bond donors (Lipinski definition) is 2. The van der Waals surface area contributed by atoms with Gasteiger partial charge in [0.25, 0.3) is 0 Å². The molecule has 0 saturated heterocycles. The molecule has 1 unspecified atom stereocenters. The molecule has 0 aliphatic heterocycles. The molecular weight excluding hydrogens is 221 g/mol. The van der Waals surface area contributed by atoms with Crippen molar-refractivity contribution in [2.24, 2.45) is 5.73 Å². The molecule has 0 aromatic heterocycles. The Hall–Kier alpha value is -0.280. The van der Waals surface area contributed by atoms with Crippen LogP contribution in [-0.4, -0.2) is 11.7 Å². The van der Waals surface area contributed by atoms with E-state index in [1.165, 1.54) is 0 Å². The van der Waals surface area contributed by atoms with Gasteiger partial charge in [0.1, 0.15) is 0 Å². The van der Waals surface area contributed by atoms with Gasteiger partial charge in [-0.15, -0.1) is 0 Å². The molecule has 0 aliphatic carbocycles. The van der Waals surface area contributed by atoms with Crippen molar-refractivity contribution < 1.29 is 5.11 Å². The van der Waals surface area contributed by atoms with E-state index in [1.807, 2.05) is 6.92 Å². The maximum absolute atomic E-state index is 8.86. The SMILES string of the molecule is CC(N)(CCO)c1cc(Cl)cc(Cl)c1. The summed E-state index contributed by atoms with van der Waals surface area (Å²) >= 11 is 11.7. The fourth-order valence-corrected chi connectivity index (χ4v) is 1.79. The maximum Gasteiger partial charge on any atom is 0.0451 e. The minimum absolute atomic E-state index is 0.0388. The van der Waals surface area contributed by atoms with Crippen molar-refractivity contribution in [1.29, 1.82) is 0 Å². The molecule has 3 N–H and O–H groups in total. The molecule has 78 valence electrons. The monoisotopic (exact) mass is 233 g/mol. The summed E-state index contributed by atoms with van der Waals surface area (Å²) in [5, 5.41) is 9.97. The fraction of sp³-hybridized carbons (Fsp3) is 0.400. The van der Waals surface area contributed by atoms with Gasteiger partial charge in [0, 0.05) is 22.2 Å². The standard InChI is InChI=1S/C10H13Cl2NO/c1-10(13,2-3-14)7-4-8(11)6-9(12)5-7/h4-6,14H,2-3,13H2,1H3. The van der Waals surface area contributed by atoms with Gasteiger partial charge in [-0.2, -0.15) is 0 Å². The Kier molecular flexibility index (Phi) is 3.78. The highest BCUT2D eigenvalue weighted by Crippen LogP contribution is 2.27. The van der Waals surface area contributed by atoms with E-state index in [1.54, 1.807) is 18.2 Å². The van der Waals surface area contributed by atoms with Gasteiger partial charge in [-0.25, -0.2) is 0 Å². The third kappa shape index (κ3) is 2.85. The molecule has 1 atom stereocenters. The molecule has 1 aromatic carbocycles. The zero-order valence-corrected chi connectivity index (χ0v) is 9.44. The minimum atomic E-state index is -0.594. The van der Waals surface area contributed by atoms with Crippen LogP contribution in [0.1, 0.15) is 18.9 Å². The summed E-state index contributed by atoms with van der Waals surface area (Å²) < 4.78 is 0. The van der Waals surface area contributed by atoms with E-state index in [0.29, 0.717) is 16.5 Å². The predicted octanol–water partition coefficient (Wildman–Crippen LogP) is 2.55. The number of rotatable bonds is 3. The van der Waals surface area contributed by atoms with Crippen molar-refractivity contribution in [2.75, 3.05) is 6.61 Å². The van der Waals surface area contributed by atoms with Crippen LogP contribution in [-0.2, 0) is 5.54 Å². The third-order valence-electron chi connectivity index (χ3n) is 2.15. The molecular formula is C10H13Cl2NO. The van der Waals surface area contributed by atoms with Crippen molar-refractivity contribution in [3.05, 3.63) is 33.8 Å². The number of nitrogens with two attached hydrogens (primary N) is 1. The Bertz CT molecular complexity index is 306. The molecule has 14 heavy (non-hydrogen) atoms. The summed E-state index contributed by atoms with van der Waals surface area (Å²) in [6.45, 7) is 1.88. The van der Waals surface area contributed by atoms with E-state index in [-0.39, 0.29) is 6.61 Å². The van der Waals surface area contributed by atoms with Crippen LogP contribution in [0.15, 0.2) is 18.2 Å². The summed E-state index contributed by atoms with van der Waals surface area (Å²) in [6.07, 6.45) is 0.476. The zero-order valence-electron chi connectivity index (χ0n) is 7.93. The molecule has 0 fully saturated rings.